The summed E-state index contributed by atoms with van der Waals surface area (Å²) in [5.74, 6) is -0.359. The smallest absolute Gasteiger partial charge is 0.254 e. The van der Waals surface area contributed by atoms with Crippen LogP contribution in [0.4, 0.5) is 4.39 Å². The van der Waals surface area contributed by atoms with E-state index in [1.807, 2.05) is 6.07 Å². The molecule has 0 bridgehead atoms. The number of nitrogens with zero attached hydrogens (tertiary/aromatic N) is 3. The van der Waals surface area contributed by atoms with Crippen LogP contribution in [0.5, 0.6) is 0 Å². The number of carbonyl (C=O) groups is 1. The van der Waals surface area contributed by atoms with E-state index in [2.05, 4.69) is 9.88 Å². The number of rotatable bonds is 6. The van der Waals surface area contributed by atoms with Crippen molar-refractivity contribution in [3.63, 3.8) is 0 Å². The molecule has 1 aliphatic heterocycles. The summed E-state index contributed by atoms with van der Waals surface area (Å²) in [4.78, 5) is 20.9. The molecule has 1 aliphatic rings. The standard InChI is InChI=1S/C19H22FN3O2/c20-18-3-1-2-16(14-18)15-23(9-8-22-10-12-25-13-11-22)19(24)17-4-6-21-7-5-17/h1-7,14H,8-13,15H2. The van der Waals surface area contributed by atoms with E-state index in [1.165, 1.54) is 12.1 Å². The predicted molar refractivity (Wildman–Crippen MR) is 92.6 cm³/mol. The Morgan fingerprint density at radius 3 is 2.68 bits per heavy atom. The lowest BCUT2D eigenvalue weighted by molar-refractivity contribution is 0.0320. The topological polar surface area (TPSA) is 45.7 Å². The molecule has 0 spiro atoms. The van der Waals surface area contributed by atoms with Crippen LogP contribution in [0.2, 0.25) is 0 Å². The molecule has 1 saturated heterocycles. The van der Waals surface area contributed by atoms with Crippen molar-refractivity contribution in [2.45, 2.75) is 6.54 Å². The molecule has 0 aliphatic carbocycles. The first kappa shape index (κ1) is 17.5. The lowest BCUT2D eigenvalue weighted by Crippen LogP contribution is -2.42. The van der Waals surface area contributed by atoms with E-state index in [-0.39, 0.29) is 11.7 Å². The summed E-state index contributed by atoms with van der Waals surface area (Å²) in [5.41, 5.74) is 1.37. The number of benzene rings is 1. The highest BCUT2D eigenvalue weighted by molar-refractivity contribution is 5.94. The molecule has 1 amide bonds. The van der Waals surface area contributed by atoms with Crippen LogP contribution in [0, 0.1) is 5.82 Å². The van der Waals surface area contributed by atoms with Gasteiger partial charge in [-0.2, -0.15) is 0 Å². The van der Waals surface area contributed by atoms with Gasteiger partial charge in [-0.25, -0.2) is 4.39 Å². The number of amides is 1. The zero-order chi connectivity index (χ0) is 17.5. The van der Waals surface area contributed by atoms with Gasteiger partial charge in [0.05, 0.1) is 13.2 Å². The lowest BCUT2D eigenvalue weighted by Gasteiger charge is -2.30. The van der Waals surface area contributed by atoms with Gasteiger partial charge in [0.25, 0.3) is 5.91 Å². The molecule has 5 nitrogen and oxygen atoms in total. The molecule has 1 aromatic carbocycles. The normalized spacial score (nSPS) is 15.1. The van der Waals surface area contributed by atoms with Crippen LogP contribution in [-0.2, 0) is 11.3 Å². The van der Waals surface area contributed by atoms with Crippen LogP contribution in [0.25, 0.3) is 0 Å². The van der Waals surface area contributed by atoms with Crippen molar-refractivity contribution in [2.24, 2.45) is 0 Å². The van der Waals surface area contributed by atoms with Gasteiger partial charge in [0, 0.05) is 50.7 Å². The number of carbonyl (C=O) groups excluding carboxylic acids is 1. The SMILES string of the molecule is O=C(c1ccncc1)N(CCN1CCOCC1)Cc1cccc(F)c1. The molecule has 1 aromatic heterocycles. The average Bonchev–Trinajstić information content (AvgIpc) is 2.66. The molecule has 0 atom stereocenters. The molecule has 0 saturated carbocycles. The number of ether oxygens (including phenoxy) is 1. The fourth-order valence-corrected chi connectivity index (χ4v) is 2.87. The molecule has 0 unspecified atom stereocenters. The second kappa shape index (κ2) is 8.69. The zero-order valence-electron chi connectivity index (χ0n) is 14.1. The van der Waals surface area contributed by atoms with Crippen LogP contribution in [0.1, 0.15) is 15.9 Å². The van der Waals surface area contributed by atoms with Crippen molar-refractivity contribution >= 4 is 5.91 Å². The van der Waals surface area contributed by atoms with Crippen molar-refractivity contribution in [3.05, 3.63) is 65.7 Å². The minimum atomic E-state index is -0.290. The average molecular weight is 343 g/mol. The Morgan fingerprint density at radius 2 is 1.96 bits per heavy atom. The Kier molecular flexibility index (Phi) is 6.09. The molecular weight excluding hydrogens is 321 g/mol. The van der Waals surface area contributed by atoms with Crippen molar-refractivity contribution in [3.8, 4) is 0 Å². The maximum absolute atomic E-state index is 13.5. The molecule has 1 fully saturated rings. The fraction of sp³-hybridized carbons (Fsp3) is 0.368. The van der Waals surface area contributed by atoms with E-state index in [4.69, 9.17) is 4.74 Å². The van der Waals surface area contributed by atoms with E-state index in [0.717, 1.165) is 38.4 Å². The van der Waals surface area contributed by atoms with E-state index in [9.17, 15) is 9.18 Å². The number of aromatic nitrogens is 1. The first-order chi connectivity index (χ1) is 12.2. The zero-order valence-corrected chi connectivity index (χ0v) is 14.1. The summed E-state index contributed by atoms with van der Waals surface area (Å²) in [7, 11) is 0. The molecular formula is C19H22FN3O2. The molecule has 25 heavy (non-hydrogen) atoms. The molecule has 3 rings (SSSR count). The summed E-state index contributed by atoms with van der Waals surface area (Å²) < 4.78 is 18.8. The maximum Gasteiger partial charge on any atom is 0.254 e. The highest BCUT2D eigenvalue weighted by Crippen LogP contribution is 2.12. The first-order valence-corrected chi connectivity index (χ1v) is 8.46. The second-order valence-corrected chi connectivity index (χ2v) is 6.05. The summed E-state index contributed by atoms with van der Waals surface area (Å²) in [6.07, 6.45) is 3.21. The van der Waals surface area contributed by atoms with Crippen molar-refractivity contribution in [1.82, 2.24) is 14.8 Å². The van der Waals surface area contributed by atoms with Gasteiger partial charge in [0.15, 0.2) is 0 Å². The Bertz CT molecular complexity index is 690. The monoisotopic (exact) mass is 343 g/mol. The first-order valence-electron chi connectivity index (χ1n) is 8.46. The summed E-state index contributed by atoms with van der Waals surface area (Å²) in [6.45, 7) is 4.93. The van der Waals surface area contributed by atoms with Gasteiger partial charge in [-0.05, 0) is 29.8 Å². The van der Waals surface area contributed by atoms with Crippen molar-refractivity contribution < 1.29 is 13.9 Å². The van der Waals surface area contributed by atoms with Crippen LogP contribution in [-0.4, -0.2) is 60.1 Å². The second-order valence-electron chi connectivity index (χ2n) is 6.05. The quantitative estimate of drug-likeness (QED) is 0.807. The minimum absolute atomic E-state index is 0.0695. The van der Waals surface area contributed by atoms with Crippen LogP contribution >= 0.6 is 0 Å². The number of halogens is 1. The molecule has 6 heteroatoms. The van der Waals surface area contributed by atoms with Crippen LogP contribution in [0.3, 0.4) is 0 Å². The van der Waals surface area contributed by atoms with E-state index >= 15 is 0 Å². The highest BCUT2D eigenvalue weighted by Gasteiger charge is 2.18. The molecule has 0 N–H and O–H groups in total. The van der Waals surface area contributed by atoms with Gasteiger partial charge < -0.3 is 9.64 Å². The van der Waals surface area contributed by atoms with Gasteiger partial charge in [-0.15, -0.1) is 0 Å². The molecule has 0 radical (unpaired) electrons. The van der Waals surface area contributed by atoms with E-state index < -0.39 is 0 Å². The predicted octanol–water partition coefficient (Wildman–Crippen LogP) is 2.20. The van der Waals surface area contributed by atoms with Crippen molar-refractivity contribution in [2.75, 3.05) is 39.4 Å². The summed E-state index contributed by atoms with van der Waals surface area (Å²) in [5, 5.41) is 0. The van der Waals surface area contributed by atoms with Crippen LogP contribution < -0.4 is 0 Å². The molecule has 132 valence electrons. The summed E-state index contributed by atoms with van der Waals surface area (Å²) >= 11 is 0. The Balaban J connectivity index is 1.71. The van der Waals surface area contributed by atoms with E-state index in [0.29, 0.717) is 18.7 Å². The number of pyridine rings is 1. The third-order valence-corrected chi connectivity index (χ3v) is 4.27. The maximum atomic E-state index is 13.5. The fourth-order valence-electron chi connectivity index (χ4n) is 2.87. The molecule has 2 aromatic rings. The molecule has 2 heterocycles. The van der Waals surface area contributed by atoms with Crippen LogP contribution in [0.15, 0.2) is 48.8 Å². The largest absolute Gasteiger partial charge is 0.379 e. The van der Waals surface area contributed by atoms with Crippen molar-refractivity contribution in [1.29, 1.82) is 0 Å². The minimum Gasteiger partial charge on any atom is -0.379 e. The highest BCUT2D eigenvalue weighted by atomic mass is 19.1. The third kappa shape index (κ3) is 5.08. The van der Waals surface area contributed by atoms with Gasteiger partial charge >= 0.3 is 0 Å². The number of hydrogen-bond acceptors (Lipinski definition) is 4. The Labute approximate surface area is 147 Å². The van der Waals surface area contributed by atoms with E-state index in [1.54, 1.807) is 35.5 Å². The lowest BCUT2D eigenvalue weighted by atomic mass is 10.1. The Morgan fingerprint density at radius 1 is 1.20 bits per heavy atom. The third-order valence-electron chi connectivity index (χ3n) is 4.27. The number of morpholine rings is 1. The summed E-state index contributed by atoms with van der Waals surface area (Å²) in [6, 6.07) is 9.80. The van der Waals surface area contributed by atoms with Gasteiger partial charge in [-0.3, -0.25) is 14.7 Å². The van der Waals surface area contributed by atoms with Gasteiger partial charge in [-0.1, -0.05) is 12.1 Å². The Hall–Kier alpha value is -2.31. The number of hydrogen-bond donors (Lipinski definition) is 0. The van der Waals surface area contributed by atoms with Gasteiger partial charge in [0.2, 0.25) is 0 Å². The van der Waals surface area contributed by atoms with Gasteiger partial charge in [0.1, 0.15) is 5.82 Å².